The number of quaternary nitrogens is 1. The van der Waals surface area contributed by atoms with Crippen molar-refractivity contribution in [3.05, 3.63) is 0 Å². The first-order valence-electron chi connectivity index (χ1n) is 5.59. The van der Waals surface area contributed by atoms with Crippen molar-refractivity contribution >= 4 is 17.9 Å². The number of likely N-dealkylation sites (N-methyl/N-ethyl adjacent to an activating group) is 1. The molecule has 21 heavy (non-hydrogen) atoms. The quantitative estimate of drug-likeness (QED) is 0.337. The Balaban J connectivity index is -0.000000347. The normalized spacial score (nSPS) is 10.7. The number of aliphatic hydroxyl groups excluding tert-OH is 1. The SMILES string of the molecule is C[N+](C)(C)CCO.O=C([O-])CC(O)(CC(=O)[O-])C(=O)[O-].[Cu+2]. The summed E-state index contributed by atoms with van der Waals surface area (Å²) >= 11 is 0. The largest absolute Gasteiger partial charge is 2.00 e. The first-order chi connectivity index (χ1) is 8.84. The molecule has 0 spiro atoms. The Morgan fingerprint density at radius 2 is 1.33 bits per heavy atom. The van der Waals surface area contributed by atoms with E-state index in [4.69, 9.17) is 10.2 Å². The molecule has 0 fully saturated rings. The zero-order valence-corrected chi connectivity index (χ0v) is 12.9. The predicted octanol–water partition coefficient (Wildman–Crippen LogP) is -5.57. The molecule has 0 aromatic rings. The van der Waals surface area contributed by atoms with Gasteiger partial charge in [0, 0.05) is 24.8 Å². The third-order valence-electron chi connectivity index (χ3n) is 2.02. The summed E-state index contributed by atoms with van der Waals surface area (Å²) in [6.45, 7) is 1.11. The summed E-state index contributed by atoms with van der Waals surface area (Å²) < 4.78 is 0.844. The van der Waals surface area contributed by atoms with Crippen molar-refractivity contribution in [2.45, 2.75) is 18.4 Å². The molecule has 0 saturated heterocycles. The molecule has 0 aromatic heterocycles. The number of aliphatic carboxylic acids is 3. The van der Waals surface area contributed by atoms with Gasteiger partial charge in [0.25, 0.3) is 0 Å². The fourth-order valence-corrected chi connectivity index (χ4v) is 0.984. The van der Waals surface area contributed by atoms with Gasteiger partial charge in [0.15, 0.2) is 0 Å². The maximum Gasteiger partial charge on any atom is 2.00 e. The summed E-state index contributed by atoms with van der Waals surface area (Å²) in [7, 11) is 6.16. The van der Waals surface area contributed by atoms with Gasteiger partial charge >= 0.3 is 17.1 Å². The van der Waals surface area contributed by atoms with Crippen LogP contribution in [0.2, 0.25) is 0 Å². The molecule has 0 unspecified atom stereocenters. The van der Waals surface area contributed by atoms with Gasteiger partial charge in [-0.2, -0.15) is 0 Å². The summed E-state index contributed by atoms with van der Waals surface area (Å²) in [5.74, 6) is -5.98. The van der Waals surface area contributed by atoms with Gasteiger partial charge in [-0.1, -0.05) is 0 Å². The maximum absolute atomic E-state index is 10.1. The van der Waals surface area contributed by atoms with Crippen LogP contribution in [0.15, 0.2) is 0 Å². The fraction of sp³-hybridized carbons (Fsp3) is 0.727. The van der Waals surface area contributed by atoms with Gasteiger partial charge in [-0.3, -0.25) is 0 Å². The number of carbonyl (C=O) groups is 3. The molecule has 0 saturated carbocycles. The van der Waals surface area contributed by atoms with Crippen LogP contribution in [0.3, 0.4) is 0 Å². The van der Waals surface area contributed by atoms with Crippen LogP contribution in [0.25, 0.3) is 0 Å². The minimum Gasteiger partial charge on any atom is -0.550 e. The van der Waals surface area contributed by atoms with E-state index in [-0.39, 0.29) is 23.7 Å². The van der Waals surface area contributed by atoms with Crippen LogP contribution in [0.5, 0.6) is 0 Å². The van der Waals surface area contributed by atoms with Crippen molar-refractivity contribution in [1.29, 1.82) is 0 Å². The molecule has 0 heterocycles. The Bertz CT molecular complexity index is 337. The number of hydrogen-bond acceptors (Lipinski definition) is 8. The third kappa shape index (κ3) is 15.0. The summed E-state index contributed by atoms with van der Waals surface area (Å²) in [5.41, 5.74) is -2.97. The van der Waals surface area contributed by atoms with E-state index in [2.05, 4.69) is 21.1 Å². The van der Waals surface area contributed by atoms with Crippen molar-refractivity contribution in [3.63, 3.8) is 0 Å². The summed E-state index contributed by atoms with van der Waals surface area (Å²) in [6.07, 6.45) is -2.72. The van der Waals surface area contributed by atoms with Crippen LogP contribution in [0.4, 0.5) is 0 Å². The molecule has 0 bridgehead atoms. The van der Waals surface area contributed by atoms with E-state index < -0.39 is 36.4 Å². The van der Waals surface area contributed by atoms with Crippen molar-refractivity contribution in [3.8, 4) is 0 Å². The molecule has 1 radical (unpaired) electrons. The minimum atomic E-state index is -2.97. The molecule has 127 valence electrons. The van der Waals surface area contributed by atoms with Gasteiger partial charge in [-0.25, -0.2) is 0 Å². The molecule has 0 aliphatic rings. The van der Waals surface area contributed by atoms with E-state index >= 15 is 0 Å². The topological polar surface area (TPSA) is 161 Å². The smallest absolute Gasteiger partial charge is 0.550 e. The molecule has 0 atom stereocenters. The summed E-state index contributed by atoms with van der Waals surface area (Å²) in [6, 6.07) is 0. The number of rotatable bonds is 7. The van der Waals surface area contributed by atoms with Gasteiger partial charge in [-0.15, -0.1) is 0 Å². The van der Waals surface area contributed by atoms with Gasteiger partial charge < -0.3 is 44.4 Å². The number of carboxylic acid groups (broad SMARTS) is 3. The Morgan fingerprint density at radius 3 is 1.43 bits per heavy atom. The van der Waals surface area contributed by atoms with E-state index in [1.165, 1.54) is 0 Å². The van der Waals surface area contributed by atoms with Gasteiger partial charge in [0.05, 0.1) is 33.7 Å². The van der Waals surface area contributed by atoms with Crippen molar-refractivity contribution in [1.82, 2.24) is 0 Å². The standard InChI is InChI=1S/C6H8O7.C5H14NO.Cu/c7-3(8)1-6(13,5(11)12)2-4(9)10;1-6(2,3)4-5-7;/h13H,1-2H2,(H,7,8)(H,9,10)(H,11,12);7H,4-5H2,1-3H3;/q;+1;+2/p-3. The van der Waals surface area contributed by atoms with Gasteiger partial charge in [0.1, 0.15) is 12.1 Å². The van der Waals surface area contributed by atoms with Crippen LogP contribution < -0.4 is 15.3 Å². The first kappa shape index (κ1) is 24.8. The maximum atomic E-state index is 10.1. The number of nitrogens with zero attached hydrogens (tertiary/aromatic N) is 1. The Labute approximate surface area is 132 Å². The molecule has 10 heteroatoms. The number of aliphatic hydroxyl groups is 2. The second-order valence-corrected chi connectivity index (χ2v) is 5.15. The first-order valence-corrected chi connectivity index (χ1v) is 5.59. The summed E-state index contributed by atoms with van der Waals surface area (Å²) in [5, 5.41) is 47.3. The molecule has 2 N–H and O–H groups in total. The average molecular weight is 357 g/mol. The number of carbonyl (C=O) groups excluding carboxylic acids is 3. The Kier molecular flexibility index (Phi) is 12.4. The third-order valence-corrected chi connectivity index (χ3v) is 2.02. The zero-order chi connectivity index (χ0) is 16.6. The van der Waals surface area contributed by atoms with Crippen LogP contribution in [0, 0.1) is 0 Å². The predicted molar refractivity (Wildman–Crippen MR) is 59.2 cm³/mol. The Hall–Kier alpha value is -1.19. The molecule has 0 amide bonds. The van der Waals surface area contributed by atoms with E-state index in [1.54, 1.807) is 0 Å². The van der Waals surface area contributed by atoms with E-state index in [1.807, 2.05) is 0 Å². The van der Waals surface area contributed by atoms with Crippen LogP contribution in [-0.4, -0.2) is 72.5 Å². The second kappa shape index (κ2) is 10.5. The molecule has 0 aliphatic heterocycles. The number of hydrogen-bond donors (Lipinski definition) is 2. The van der Waals surface area contributed by atoms with Gasteiger partial charge in [0.2, 0.25) is 0 Å². The Morgan fingerprint density at radius 1 is 1.00 bits per heavy atom. The molecule has 0 rings (SSSR count). The van der Waals surface area contributed by atoms with Crippen LogP contribution in [0.1, 0.15) is 12.8 Å². The molecular weight excluding hydrogens is 338 g/mol. The second-order valence-electron chi connectivity index (χ2n) is 5.15. The average Bonchev–Trinajstić information content (AvgIpc) is 2.12. The fourth-order valence-electron chi connectivity index (χ4n) is 0.984. The van der Waals surface area contributed by atoms with E-state index in [0.29, 0.717) is 0 Å². The van der Waals surface area contributed by atoms with E-state index in [0.717, 1.165) is 11.0 Å². The van der Waals surface area contributed by atoms with Crippen LogP contribution in [-0.2, 0) is 31.5 Å². The molecule has 0 aromatic carbocycles. The summed E-state index contributed by atoms with van der Waals surface area (Å²) in [4.78, 5) is 30.0. The van der Waals surface area contributed by atoms with Crippen molar-refractivity contribution in [2.75, 3.05) is 34.3 Å². The van der Waals surface area contributed by atoms with Crippen LogP contribution >= 0.6 is 0 Å². The zero-order valence-electron chi connectivity index (χ0n) is 11.9. The molecule has 9 nitrogen and oxygen atoms in total. The number of carboxylic acids is 3. The molecule has 0 aliphatic carbocycles. The monoisotopic (exact) mass is 356 g/mol. The van der Waals surface area contributed by atoms with Crippen molar-refractivity contribution in [2.24, 2.45) is 0 Å². The minimum absolute atomic E-state index is 0. The van der Waals surface area contributed by atoms with Crippen molar-refractivity contribution < 1.29 is 61.5 Å². The van der Waals surface area contributed by atoms with E-state index in [9.17, 15) is 29.7 Å². The molecular formula is C11H19CuNO8. The van der Waals surface area contributed by atoms with Gasteiger partial charge in [-0.05, 0) is 0 Å².